The van der Waals surface area contributed by atoms with E-state index in [4.69, 9.17) is 0 Å². The summed E-state index contributed by atoms with van der Waals surface area (Å²) >= 11 is 0. The fourth-order valence-corrected chi connectivity index (χ4v) is 3.76. The molecule has 31 heavy (non-hydrogen) atoms. The van der Waals surface area contributed by atoms with Gasteiger partial charge >= 0.3 is 6.18 Å². The summed E-state index contributed by atoms with van der Waals surface area (Å²) in [7, 11) is 0. The van der Waals surface area contributed by atoms with Gasteiger partial charge in [-0.1, -0.05) is 30.3 Å². The molecule has 1 atom stereocenters. The molecular weight excluding hydrogens is 405 g/mol. The second-order valence-electron chi connectivity index (χ2n) is 7.65. The van der Waals surface area contributed by atoms with Crippen molar-refractivity contribution in [3.8, 4) is 0 Å². The Morgan fingerprint density at radius 2 is 1.71 bits per heavy atom. The molecule has 1 aromatic heterocycles. The maximum absolute atomic E-state index is 12.7. The van der Waals surface area contributed by atoms with Crippen LogP contribution in [0.5, 0.6) is 0 Å². The third-order valence-corrected chi connectivity index (χ3v) is 5.66. The van der Waals surface area contributed by atoms with Crippen molar-refractivity contribution in [2.24, 2.45) is 0 Å². The Bertz CT molecular complexity index is 1060. The smallest absolute Gasteiger partial charge is 0.354 e. The molecule has 2 aromatic carbocycles. The topological polar surface area (TPSA) is 48.5 Å². The van der Waals surface area contributed by atoms with E-state index in [9.17, 15) is 18.0 Å². The third-order valence-electron chi connectivity index (χ3n) is 5.66. The molecule has 0 spiro atoms. The van der Waals surface area contributed by atoms with Crippen molar-refractivity contribution in [1.29, 1.82) is 0 Å². The number of fused-ring (bicyclic) bond motifs is 1. The molecule has 1 saturated heterocycles. The standard InChI is InChI=1S/C23H23F3N4O/c1-16(22(31)28-20-8-6-17-4-2-3-5-18(17)14-20)29-10-12-30(13-11-29)21-9-7-19(15-27-21)23(24,25)26/h2-9,14-16H,10-13H2,1H3,(H,28,31). The molecule has 0 bridgehead atoms. The molecule has 5 nitrogen and oxygen atoms in total. The minimum absolute atomic E-state index is 0.0867. The predicted octanol–water partition coefficient (Wildman–Crippen LogP) is 4.40. The number of anilines is 2. The minimum Gasteiger partial charge on any atom is -0.354 e. The molecular formula is C23H23F3N4O. The Morgan fingerprint density at radius 3 is 2.35 bits per heavy atom. The van der Waals surface area contributed by atoms with E-state index in [1.807, 2.05) is 54.3 Å². The Kier molecular flexibility index (Phi) is 5.82. The van der Waals surface area contributed by atoms with Crippen molar-refractivity contribution in [1.82, 2.24) is 9.88 Å². The third kappa shape index (κ3) is 4.80. The number of aromatic nitrogens is 1. The van der Waals surface area contributed by atoms with Crippen LogP contribution < -0.4 is 10.2 Å². The summed E-state index contributed by atoms with van der Waals surface area (Å²) in [6.45, 7) is 4.28. The van der Waals surface area contributed by atoms with Crippen molar-refractivity contribution < 1.29 is 18.0 Å². The highest BCUT2D eigenvalue weighted by Gasteiger charge is 2.31. The summed E-state index contributed by atoms with van der Waals surface area (Å²) in [4.78, 5) is 20.7. The molecule has 0 radical (unpaired) electrons. The number of hydrogen-bond donors (Lipinski definition) is 1. The average Bonchev–Trinajstić information content (AvgIpc) is 2.78. The lowest BCUT2D eigenvalue weighted by atomic mass is 10.1. The number of nitrogens with zero attached hydrogens (tertiary/aromatic N) is 3. The van der Waals surface area contributed by atoms with Crippen LogP contribution in [0.3, 0.4) is 0 Å². The van der Waals surface area contributed by atoms with Gasteiger partial charge in [0.2, 0.25) is 5.91 Å². The highest BCUT2D eigenvalue weighted by Crippen LogP contribution is 2.29. The number of carbonyl (C=O) groups is 1. The number of pyridine rings is 1. The Labute approximate surface area is 178 Å². The highest BCUT2D eigenvalue weighted by molar-refractivity contribution is 5.97. The fraction of sp³-hybridized carbons (Fsp3) is 0.304. The zero-order chi connectivity index (χ0) is 22.0. The SMILES string of the molecule is CC(C(=O)Nc1ccc2ccccc2c1)N1CCN(c2ccc(C(F)(F)F)cn2)CC1. The number of halogens is 3. The molecule has 2 heterocycles. The van der Waals surface area contributed by atoms with Crippen LogP contribution in [0.1, 0.15) is 12.5 Å². The van der Waals surface area contributed by atoms with Crippen LogP contribution in [0.15, 0.2) is 60.8 Å². The van der Waals surface area contributed by atoms with E-state index in [-0.39, 0.29) is 11.9 Å². The molecule has 162 valence electrons. The van der Waals surface area contributed by atoms with Gasteiger partial charge in [-0.25, -0.2) is 4.98 Å². The second-order valence-corrected chi connectivity index (χ2v) is 7.65. The first-order chi connectivity index (χ1) is 14.8. The van der Waals surface area contributed by atoms with Crippen molar-refractivity contribution in [2.75, 3.05) is 36.4 Å². The van der Waals surface area contributed by atoms with Gasteiger partial charge in [0.1, 0.15) is 5.82 Å². The van der Waals surface area contributed by atoms with Crippen molar-refractivity contribution in [3.63, 3.8) is 0 Å². The summed E-state index contributed by atoms with van der Waals surface area (Å²) < 4.78 is 38.1. The molecule has 8 heteroatoms. The first-order valence-corrected chi connectivity index (χ1v) is 10.1. The number of piperazine rings is 1. The first kappa shape index (κ1) is 21.1. The first-order valence-electron chi connectivity index (χ1n) is 10.1. The van der Waals surface area contributed by atoms with E-state index in [1.165, 1.54) is 6.07 Å². The molecule has 1 fully saturated rings. The number of nitrogens with one attached hydrogen (secondary N) is 1. The maximum atomic E-state index is 12.7. The van der Waals surface area contributed by atoms with Gasteiger partial charge in [0, 0.05) is 38.1 Å². The average molecular weight is 428 g/mol. The largest absolute Gasteiger partial charge is 0.417 e. The predicted molar refractivity (Wildman–Crippen MR) is 115 cm³/mol. The van der Waals surface area contributed by atoms with Crippen molar-refractivity contribution in [3.05, 3.63) is 66.4 Å². The van der Waals surface area contributed by atoms with Gasteiger partial charge in [-0.3, -0.25) is 9.69 Å². The van der Waals surface area contributed by atoms with Crippen LogP contribution in [-0.2, 0) is 11.0 Å². The van der Waals surface area contributed by atoms with Crippen LogP contribution in [0.4, 0.5) is 24.7 Å². The normalized spacial score (nSPS) is 16.3. The van der Waals surface area contributed by atoms with E-state index in [0.717, 1.165) is 28.7 Å². The van der Waals surface area contributed by atoms with Crippen molar-refractivity contribution >= 4 is 28.2 Å². The van der Waals surface area contributed by atoms with Crippen LogP contribution >= 0.6 is 0 Å². The van der Waals surface area contributed by atoms with E-state index >= 15 is 0 Å². The molecule has 1 unspecified atom stereocenters. The van der Waals surface area contributed by atoms with Gasteiger partial charge in [-0.05, 0) is 42.0 Å². The van der Waals surface area contributed by atoms with Gasteiger partial charge < -0.3 is 10.2 Å². The van der Waals surface area contributed by atoms with E-state index in [0.29, 0.717) is 32.0 Å². The molecule has 0 saturated carbocycles. The highest BCUT2D eigenvalue weighted by atomic mass is 19.4. The monoisotopic (exact) mass is 428 g/mol. The molecule has 1 aliphatic rings. The quantitative estimate of drug-likeness (QED) is 0.669. The molecule has 1 N–H and O–H groups in total. The second kappa shape index (κ2) is 8.55. The summed E-state index contributed by atoms with van der Waals surface area (Å²) in [5.74, 6) is 0.428. The van der Waals surface area contributed by atoms with Gasteiger partial charge in [-0.15, -0.1) is 0 Å². The summed E-state index contributed by atoms with van der Waals surface area (Å²) in [5, 5.41) is 5.15. The molecule has 4 rings (SSSR count). The van der Waals surface area contributed by atoms with Gasteiger partial charge in [-0.2, -0.15) is 13.2 Å². The Balaban J connectivity index is 1.34. The number of benzene rings is 2. The van der Waals surface area contributed by atoms with Gasteiger partial charge in [0.25, 0.3) is 0 Å². The van der Waals surface area contributed by atoms with Crippen LogP contribution in [0.25, 0.3) is 10.8 Å². The number of rotatable bonds is 4. The zero-order valence-corrected chi connectivity index (χ0v) is 17.1. The van der Waals surface area contributed by atoms with Gasteiger partial charge in [0.15, 0.2) is 0 Å². The molecule has 3 aromatic rings. The summed E-state index contributed by atoms with van der Waals surface area (Å²) in [6, 6.07) is 15.9. The lowest BCUT2D eigenvalue weighted by molar-refractivity contribution is -0.137. The molecule has 0 aliphatic carbocycles. The number of hydrogen-bond acceptors (Lipinski definition) is 4. The molecule has 1 amide bonds. The lowest BCUT2D eigenvalue weighted by Crippen LogP contribution is -2.53. The fourth-order valence-electron chi connectivity index (χ4n) is 3.76. The van der Waals surface area contributed by atoms with Crippen molar-refractivity contribution in [2.45, 2.75) is 19.1 Å². The summed E-state index contributed by atoms with van der Waals surface area (Å²) in [5.41, 5.74) is -0.00277. The van der Waals surface area contributed by atoms with Crippen LogP contribution in [-0.4, -0.2) is 48.0 Å². The zero-order valence-electron chi connectivity index (χ0n) is 17.1. The lowest BCUT2D eigenvalue weighted by Gasteiger charge is -2.38. The van der Waals surface area contributed by atoms with E-state index in [1.54, 1.807) is 0 Å². The Hall–Kier alpha value is -3.13. The number of alkyl halides is 3. The van der Waals surface area contributed by atoms with Gasteiger partial charge in [0.05, 0.1) is 11.6 Å². The van der Waals surface area contributed by atoms with Crippen LogP contribution in [0, 0.1) is 0 Å². The number of amides is 1. The Morgan fingerprint density at radius 1 is 1.00 bits per heavy atom. The maximum Gasteiger partial charge on any atom is 0.417 e. The van der Waals surface area contributed by atoms with E-state index in [2.05, 4.69) is 15.2 Å². The van der Waals surface area contributed by atoms with Crippen LogP contribution in [0.2, 0.25) is 0 Å². The van der Waals surface area contributed by atoms with E-state index < -0.39 is 11.7 Å². The number of carbonyl (C=O) groups excluding carboxylic acids is 1. The minimum atomic E-state index is -4.39. The summed E-state index contributed by atoms with van der Waals surface area (Å²) in [6.07, 6.45) is -3.53. The molecule has 1 aliphatic heterocycles.